The normalized spacial score (nSPS) is 18.5. The van der Waals surface area contributed by atoms with Crippen LogP contribution in [0.1, 0.15) is 51.4 Å². The van der Waals surface area contributed by atoms with Crippen LogP contribution in [-0.2, 0) is 9.53 Å². The van der Waals surface area contributed by atoms with Crippen molar-refractivity contribution in [2.45, 2.75) is 57.5 Å². The molecule has 0 radical (unpaired) electrons. The quantitative estimate of drug-likeness (QED) is 0.411. The molecule has 1 saturated carbocycles. The highest BCUT2D eigenvalue weighted by Crippen LogP contribution is 2.20. The molecule has 3 heteroatoms. The van der Waals surface area contributed by atoms with Gasteiger partial charge >= 0.3 is 5.97 Å². The molecule has 0 aromatic heterocycles. The third-order valence-corrected chi connectivity index (χ3v) is 3.53. The van der Waals surface area contributed by atoms with E-state index in [1.165, 1.54) is 25.7 Å². The molecule has 15 heavy (non-hydrogen) atoms. The summed E-state index contributed by atoms with van der Waals surface area (Å²) in [5.74, 6) is 1.07. The van der Waals surface area contributed by atoms with Crippen LogP contribution in [0.15, 0.2) is 0 Å². The molecule has 0 aromatic rings. The lowest BCUT2D eigenvalue weighted by Gasteiger charge is -2.15. The van der Waals surface area contributed by atoms with E-state index in [2.05, 4.69) is 6.26 Å². The molecular weight excluding hydrogens is 208 g/mol. The van der Waals surface area contributed by atoms with E-state index in [1.807, 2.05) is 0 Å². The molecule has 1 fully saturated rings. The van der Waals surface area contributed by atoms with Gasteiger partial charge in [0.05, 0.1) is 0 Å². The van der Waals surface area contributed by atoms with Gasteiger partial charge in [0.25, 0.3) is 0 Å². The molecule has 88 valence electrons. The molecule has 2 nitrogen and oxygen atoms in total. The standard InChI is InChI=1S/C12H22O2S/c1-15-10-6-9-12(13)14-11-7-4-2-3-5-8-11/h11H,2-10H2,1H3. The van der Waals surface area contributed by atoms with Crippen molar-refractivity contribution in [3.8, 4) is 0 Å². The number of thioether (sulfide) groups is 1. The molecule has 0 atom stereocenters. The van der Waals surface area contributed by atoms with Gasteiger partial charge in [-0.25, -0.2) is 0 Å². The third kappa shape index (κ3) is 6.08. The Balaban J connectivity index is 2.12. The maximum Gasteiger partial charge on any atom is 0.306 e. The summed E-state index contributed by atoms with van der Waals surface area (Å²) in [7, 11) is 0. The zero-order valence-corrected chi connectivity index (χ0v) is 10.5. The molecule has 1 aliphatic rings. The fourth-order valence-electron chi connectivity index (χ4n) is 1.97. The molecule has 1 aliphatic carbocycles. The Bertz CT molecular complexity index is 174. The third-order valence-electron chi connectivity index (χ3n) is 2.83. The van der Waals surface area contributed by atoms with Crippen molar-refractivity contribution >= 4 is 17.7 Å². The minimum Gasteiger partial charge on any atom is -0.462 e. The average molecular weight is 230 g/mol. The van der Waals surface area contributed by atoms with Gasteiger partial charge < -0.3 is 4.74 Å². The van der Waals surface area contributed by atoms with Crippen molar-refractivity contribution in [2.24, 2.45) is 0 Å². The lowest BCUT2D eigenvalue weighted by Crippen LogP contribution is -2.17. The molecular formula is C12H22O2S. The molecule has 0 aliphatic heterocycles. The average Bonchev–Trinajstić information content (AvgIpc) is 2.47. The lowest BCUT2D eigenvalue weighted by molar-refractivity contribution is -0.149. The molecule has 0 amide bonds. The van der Waals surface area contributed by atoms with E-state index >= 15 is 0 Å². The summed E-state index contributed by atoms with van der Waals surface area (Å²) in [6.07, 6.45) is 11.0. The largest absolute Gasteiger partial charge is 0.462 e. The fourth-order valence-corrected chi connectivity index (χ4v) is 2.40. The van der Waals surface area contributed by atoms with Gasteiger partial charge in [-0.05, 0) is 44.1 Å². The van der Waals surface area contributed by atoms with Crippen LogP contribution >= 0.6 is 11.8 Å². The molecule has 0 bridgehead atoms. The smallest absolute Gasteiger partial charge is 0.306 e. The van der Waals surface area contributed by atoms with Crippen molar-refractivity contribution in [2.75, 3.05) is 12.0 Å². The van der Waals surface area contributed by atoms with Gasteiger partial charge in [-0.15, -0.1) is 0 Å². The Morgan fingerprint density at radius 2 is 1.93 bits per heavy atom. The van der Waals surface area contributed by atoms with E-state index < -0.39 is 0 Å². The van der Waals surface area contributed by atoms with Crippen LogP contribution in [0.25, 0.3) is 0 Å². The van der Waals surface area contributed by atoms with Crippen LogP contribution in [0.3, 0.4) is 0 Å². The Morgan fingerprint density at radius 3 is 2.53 bits per heavy atom. The van der Waals surface area contributed by atoms with Crippen LogP contribution in [0.5, 0.6) is 0 Å². The zero-order chi connectivity index (χ0) is 10.9. The number of hydrogen-bond donors (Lipinski definition) is 0. The molecule has 0 aromatic carbocycles. The Morgan fingerprint density at radius 1 is 1.27 bits per heavy atom. The Kier molecular flexibility index (Phi) is 6.90. The van der Waals surface area contributed by atoms with Crippen LogP contribution in [-0.4, -0.2) is 24.1 Å². The molecule has 1 rings (SSSR count). The second-order valence-corrected chi connectivity index (χ2v) is 5.19. The summed E-state index contributed by atoms with van der Waals surface area (Å²) < 4.78 is 5.47. The summed E-state index contributed by atoms with van der Waals surface area (Å²) in [6, 6.07) is 0. The first-order valence-electron chi connectivity index (χ1n) is 6.01. The van der Waals surface area contributed by atoms with E-state index in [0.717, 1.165) is 25.0 Å². The highest BCUT2D eigenvalue weighted by molar-refractivity contribution is 7.98. The highest BCUT2D eigenvalue weighted by atomic mass is 32.2. The lowest BCUT2D eigenvalue weighted by atomic mass is 10.1. The van der Waals surface area contributed by atoms with E-state index in [4.69, 9.17) is 4.74 Å². The number of esters is 1. The first-order chi connectivity index (χ1) is 7.33. The summed E-state index contributed by atoms with van der Waals surface area (Å²) in [4.78, 5) is 11.5. The number of rotatable bonds is 5. The predicted molar refractivity (Wildman–Crippen MR) is 65.2 cm³/mol. The topological polar surface area (TPSA) is 26.3 Å². The van der Waals surface area contributed by atoms with Crippen LogP contribution in [0.2, 0.25) is 0 Å². The van der Waals surface area contributed by atoms with Crippen molar-refractivity contribution in [3.05, 3.63) is 0 Å². The Labute approximate surface area is 97.1 Å². The maximum atomic E-state index is 11.5. The Hall–Kier alpha value is -0.180. The molecule has 0 heterocycles. The van der Waals surface area contributed by atoms with Crippen molar-refractivity contribution in [1.82, 2.24) is 0 Å². The van der Waals surface area contributed by atoms with Crippen LogP contribution < -0.4 is 0 Å². The molecule has 0 N–H and O–H groups in total. The van der Waals surface area contributed by atoms with Crippen molar-refractivity contribution < 1.29 is 9.53 Å². The number of ether oxygens (including phenoxy) is 1. The summed E-state index contributed by atoms with van der Waals surface area (Å²) in [5, 5.41) is 0. The first-order valence-corrected chi connectivity index (χ1v) is 7.40. The van der Waals surface area contributed by atoms with Gasteiger partial charge in [-0.2, -0.15) is 11.8 Å². The molecule has 0 saturated heterocycles. The molecule has 0 unspecified atom stereocenters. The van der Waals surface area contributed by atoms with Gasteiger partial charge in [-0.3, -0.25) is 4.79 Å². The SMILES string of the molecule is CSCCCC(=O)OC1CCCCCC1. The second-order valence-electron chi connectivity index (χ2n) is 4.20. The van der Waals surface area contributed by atoms with E-state index in [0.29, 0.717) is 6.42 Å². The van der Waals surface area contributed by atoms with E-state index in [9.17, 15) is 4.79 Å². The van der Waals surface area contributed by atoms with Gasteiger partial charge in [0.15, 0.2) is 0 Å². The number of carbonyl (C=O) groups excluding carboxylic acids is 1. The van der Waals surface area contributed by atoms with Crippen LogP contribution in [0.4, 0.5) is 0 Å². The predicted octanol–water partition coefficient (Wildman–Crippen LogP) is 3.40. The van der Waals surface area contributed by atoms with Gasteiger partial charge in [0.1, 0.15) is 6.10 Å². The highest BCUT2D eigenvalue weighted by Gasteiger charge is 2.15. The minimum absolute atomic E-state index is 0.0101. The maximum absolute atomic E-state index is 11.5. The molecule has 0 spiro atoms. The van der Waals surface area contributed by atoms with E-state index in [-0.39, 0.29) is 12.1 Å². The van der Waals surface area contributed by atoms with Crippen molar-refractivity contribution in [1.29, 1.82) is 0 Å². The first kappa shape index (κ1) is 12.9. The van der Waals surface area contributed by atoms with E-state index in [1.54, 1.807) is 11.8 Å². The number of hydrogen-bond acceptors (Lipinski definition) is 3. The summed E-state index contributed by atoms with van der Waals surface area (Å²) in [6.45, 7) is 0. The van der Waals surface area contributed by atoms with Gasteiger partial charge in [0, 0.05) is 6.42 Å². The van der Waals surface area contributed by atoms with Crippen molar-refractivity contribution in [3.63, 3.8) is 0 Å². The summed E-state index contributed by atoms with van der Waals surface area (Å²) in [5.41, 5.74) is 0. The summed E-state index contributed by atoms with van der Waals surface area (Å²) >= 11 is 1.79. The fraction of sp³-hybridized carbons (Fsp3) is 0.917. The van der Waals surface area contributed by atoms with Gasteiger partial charge in [-0.1, -0.05) is 12.8 Å². The minimum atomic E-state index is 0.0101. The van der Waals surface area contributed by atoms with Crippen LogP contribution in [0, 0.1) is 0 Å². The zero-order valence-electron chi connectivity index (χ0n) is 9.67. The monoisotopic (exact) mass is 230 g/mol. The van der Waals surface area contributed by atoms with Gasteiger partial charge in [0.2, 0.25) is 0 Å². The number of carbonyl (C=O) groups is 1. The second kappa shape index (κ2) is 8.03.